The first kappa shape index (κ1) is 17.7. The standard InChI is InChI=1S/C21H22N4OS/c1-13-16(10-11-20(26)22-14(2)19-9-6-12-27-19)15(3)25-21(23-13)17-7-4-5-8-18(17)24-25/h4-9,12,14H,10-11H2,1-3H3,(H,22,26)/t14-/m1/s1. The van der Waals surface area contributed by atoms with Gasteiger partial charge in [-0.15, -0.1) is 11.3 Å². The largest absolute Gasteiger partial charge is 0.349 e. The zero-order valence-electron chi connectivity index (χ0n) is 15.7. The summed E-state index contributed by atoms with van der Waals surface area (Å²) in [5.41, 5.74) is 4.92. The Hall–Kier alpha value is -2.73. The third kappa shape index (κ3) is 3.32. The summed E-state index contributed by atoms with van der Waals surface area (Å²) in [4.78, 5) is 18.3. The highest BCUT2D eigenvalue weighted by Gasteiger charge is 2.16. The van der Waals surface area contributed by atoms with Crippen LogP contribution in [0, 0.1) is 13.8 Å². The summed E-state index contributed by atoms with van der Waals surface area (Å²) < 4.78 is 1.90. The summed E-state index contributed by atoms with van der Waals surface area (Å²) >= 11 is 1.66. The van der Waals surface area contributed by atoms with Crippen molar-refractivity contribution in [1.29, 1.82) is 0 Å². The van der Waals surface area contributed by atoms with Crippen LogP contribution in [0.15, 0.2) is 41.8 Å². The molecule has 0 aliphatic carbocycles. The van der Waals surface area contributed by atoms with Gasteiger partial charge in [-0.25, -0.2) is 9.50 Å². The molecule has 0 radical (unpaired) electrons. The van der Waals surface area contributed by atoms with E-state index in [1.165, 1.54) is 4.88 Å². The lowest BCUT2D eigenvalue weighted by Crippen LogP contribution is -2.26. The fraction of sp³-hybridized carbons (Fsp3) is 0.286. The van der Waals surface area contributed by atoms with Crippen molar-refractivity contribution in [1.82, 2.24) is 19.9 Å². The Labute approximate surface area is 162 Å². The summed E-state index contributed by atoms with van der Waals surface area (Å²) in [5, 5.41) is 10.8. The van der Waals surface area contributed by atoms with E-state index in [0.717, 1.165) is 33.5 Å². The number of hydrogen-bond donors (Lipinski definition) is 1. The maximum atomic E-state index is 12.4. The van der Waals surface area contributed by atoms with Crippen LogP contribution in [0.5, 0.6) is 0 Å². The Morgan fingerprint density at radius 3 is 2.81 bits per heavy atom. The summed E-state index contributed by atoms with van der Waals surface area (Å²) in [7, 11) is 0. The lowest BCUT2D eigenvalue weighted by molar-refractivity contribution is -0.121. The van der Waals surface area contributed by atoms with Crippen molar-refractivity contribution in [2.75, 3.05) is 0 Å². The van der Waals surface area contributed by atoms with Crippen LogP contribution in [0.1, 0.15) is 41.2 Å². The molecule has 4 aromatic rings. The monoisotopic (exact) mass is 378 g/mol. The Morgan fingerprint density at radius 1 is 1.22 bits per heavy atom. The van der Waals surface area contributed by atoms with Gasteiger partial charge in [0.15, 0.2) is 5.65 Å². The minimum atomic E-state index is 0.0386. The molecule has 0 aliphatic heterocycles. The number of carbonyl (C=O) groups is 1. The zero-order chi connectivity index (χ0) is 19.0. The molecule has 3 aromatic heterocycles. The molecule has 4 rings (SSSR count). The van der Waals surface area contributed by atoms with Crippen LogP contribution in [0.2, 0.25) is 0 Å². The van der Waals surface area contributed by atoms with Crippen LogP contribution in [0.3, 0.4) is 0 Å². The second-order valence-electron chi connectivity index (χ2n) is 6.82. The quantitative estimate of drug-likeness (QED) is 0.561. The maximum Gasteiger partial charge on any atom is 0.220 e. The molecule has 1 aromatic carbocycles. The maximum absolute atomic E-state index is 12.4. The van der Waals surface area contributed by atoms with Crippen molar-refractivity contribution in [3.63, 3.8) is 0 Å². The van der Waals surface area contributed by atoms with Gasteiger partial charge in [0.1, 0.15) is 0 Å². The van der Waals surface area contributed by atoms with Crippen molar-refractivity contribution in [3.8, 4) is 0 Å². The number of fused-ring (bicyclic) bond motifs is 3. The number of amides is 1. The smallest absolute Gasteiger partial charge is 0.220 e. The second kappa shape index (κ2) is 7.12. The average molecular weight is 379 g/mol. The third-order valence-electron chi connectivity index (χ3n) is 4.97. The van der Waals surface area contributed by atoms with E-state index in [0.29, 0.717) is 12.8 Å². The lowest BCUT2D eigenvalue weighted by atomic mass is 10.1. The van der Waals surface area contributed by atoms with Gasteiger partial charge in [0.25, 0.3) is 0 Å². The van der Waals surface area contributed by atoms with Crippen LogP contribution in [-0.2, 0) is 11.2 Å². The van der Waals surface area contributed by atoms with Gasteiger partial charge >= 0.3 is 0 Å². The molecule has 5 nitrogen and oxygen atoms in total. The first-order chi connectivity index (χ1) is 13.0. The summed E-state index contributed by atoms with van der Waals surface area (Å²) in [5.74, 6) is 0.0559. The van der Waals surface area contributed by atoms with E-state index in [2.05, 4.69) is 17.3 Å². The number of nitrogens with zero attached hydrogens (tertiary/aromatic N) is 3. The molecule has 3 heterocycles. The Kier molecular flexibility index (Phi) is 4.66. The van der Waals surface area contributed by atoms with Gasteiger partial charge in [0, 0.05) is 28.1 Å². The average Bonchev–Trinajstić information content (AvgIpc) is 3.30. The molecule has 0 spiro atoms. The molecule has 0 saturated carbocycles. The number of aryl methyl sites for hydroxylation is 2. The fourth-order valence-electron chi connectivity index (χ4n) is 3.50. The number of rotatable bonds is 5. The number of aromatic nitrogens is 3. The van der Waals surface area contributed by atoms with E-state index in [-0.39, 0.29) is 11.9 Å². The van der Waals surface area contributed by atoms with E-state index >= 15 is 0 Å². The Balaban J connectivity index is 1.55. The molecule has 27 heavy (non-hydrogen) atoms. The molecule has 6 heteroatoms. The van der Waals surface area contributed by atoms with Gasteiger partial charge in [-0.2, -0.15) is 5.10 Å². The van der Waals surface area contributed by atoms with E-state index in [1.807, 2.05) is 60.1 Å². The zero-order valence-corrected chi connectivity index (χ0v) is 16.5. The highest BCUT2D eigenvalue weighted by Crippen LogP contribution is 2.23. The van der Waals surface area contributed by atoms with Crippen molar-refractivity contribution >= 4 is 33.8 Å². The van der Waals surface area contributed by atoms with Crippen LogP contribution < -0.4 is 5.32 Å². The summed E-state index contributed by atoms with van der Waals surface area (Å²) in [6, 6.07) is 12.1. The van der Waals surface area contributed by atoms with Gasteiger partial charge in [-0.3, -0.25) is 4.79 Å². The van der Waals surface area contributed by atoms with E-state index in [1.54, 1.807) is 11.3 Å². The van der Waals surface area contributed by atoms with Crippen molar-refractivity contribution in [3.05, 3.63) is 63.6 Å². The SMILES string of the molecule is Cc1nc2c3ccccc3nn2c(C)c1CCC(=O)N[C@H](C)c1cccs1. The summed E-state index contributed by atoms with van der Waals surface area (Å²) in [6.07, 6.45) is 1.09. The molecule has 0 saturated heterocycles. The van der Waals surface area contributed by atoms with Gasteiger partial charge in [-0.1, -0.05) is 18.2 Å². The third-order valence-corrected chi connectivity index (χ3v) is 6.02. The van der Waals surface area contributed by atoms with E-state index in [4.69, 9.17) is 4.98 Å². The molecular weight excluding hydrogens is 356 g/mol. The lowest BCUT2D eigenvalue weighted by Gasteiger charge is -2.14. The molecular formula is C21H22N4OS. The van der Waals surface area contributed by atoms with Crippen molar-refractivity contribution in [2.24, 2.45) is 0 Å². The number of nitrogens with one attached hydrogen (secondary N) is 1. The Morgan fingerprint density at radius 2 is 2.04 bits per heavy atom. The number of carbonyl (C=O) groups excluding carboxylic acids is 1. The highest BCUT2D eigenvalue weighted by molar-refractivity contribution is 7.10. The van der Waals surface area contributed by atoms with Crippen molar-refractivity contribution in [2.45, 2.75) is 39.7 Å². The van der Waals surface area contributed by atoms with E-state index < -0.39 is 0 Å². The predicted molar refractivity (Wildman–Crippen MR) is 109 cm³/mol. The highest BCUT2D eigenvalue weighted by atomic mass is 32.1. The van der Waals surface area contributed by atoms with Crippen LogP contribution in [-0.4, -0.2) is 20.5 Å². The van der Waals surface area contributed by atoms with Gasteiger partial charge in [0.2, 0.25) is 5.91 Å². The molecule has 1 atom stereocenters. The number of thiophene rings is 1. The van der Waals surface area contributed by atoms with E-state index in [9.17, 15) is 4.79 Å². The molecule has 0 bridgehead atoms. The molecule has 0 fully saturated rings. The summed E-state index contributed by atoms with van der Waals surface area (Å²) in [6.45, 7) is 6.08. The minimum absolute atomic E-state index is 0.0386. The predicted octanol–water partition coefficient (Wildman–Crippen LogP) is 4.37. The number of benzene rings is 1. The van der Waals surface area contributed by atoms with Crippen LogP contribution in [0.4, 0.5) is 0 Å². The van der Waals surface area contributed by atoms with Crippen LogP contribution in [0.25, 0.3) is 16.6 Å². The normalized spacial score (nSPS) is 12.6. The Bertz CT molecular complexity index is 1110. The molecule has 0 aliphatic rings. The van der Waals surface area contributed by atoms with Gasteiger partial charge in [0.05, 0.1) is 11.6 Å². The van der Waals surface area contributed by atoms with Gasteiger partial charge in [-0.05, 0) is 56.3 Å². The first-order valence-corrected chi connectivity index (χ1v) is 9.99. The van der Waals surface area contributed by atoms with Crippen LogP contribution >= 0.6 is 11.3 Å². The topological polar surface area (TPSA) is 59.3 Å². The molecule has 138 valence electrons. The molecule has 1 N–H and O–H groups in total. The molecule has 1 amide bonds. The molecule has 0 unspecified atom stereocenters. The second-order valence-corrected chi connectivity index (χ2v) is 7.80. The first-order valence-electron chi connectivity index (χ1n) is 9.11. The minimum Gasteiger partial charge on any atom is -0.349 e. The number of hydrogen-bond acceptors (Lipinski definition) is 4. The van der Waals surface area contributed by atoms with Gasteiger partial charge < -0.3 is 5.32 Å². The fourth-order valence-corrected chi connectivity index (χ4v) is 4.23. The van der Waals surface area contributed by atoms with Crippen molar-refractivity contribution < 1.29 is 4.79 Å².